The van der Waals surface area contributed by atoms with Crippen molar-refractivity contribution >= 4 is 40.7 Å². The molecule has 1 aliphatic carbocycles. The van der Waals surface area contributed by atoms with Gasteiger partial charge in [-0.1, -0.05) is 47.5 Å². The Balaban J connectivity index is 1.55. The lowest BCUT2D eigenvalue weighted by atomic mass is 10.0. The molecule has 2 aromatic rings. The summed E-state index contributed by atoms with van der Waals surface area (Å²) in [7, 11) is 0. The quantitative estimate of drug-likeness (QED) is 0.746. The predicted molar refractivity (Wildman–Crippen MR) is 99.9 cm³/mol. The maximum atomic E-state index is 12.5. The van der Waals surface area contributed by atoms with Crippen LogP contribution in [0.3, 0.4) is 0 Å². The van der Waals surface area contributed by atoms with Gasteiger partial charge in [0, 0.05) is 11.6 Å². The van der Waals surface area contributed by atoms with Crippen LogP contribution in [0.25, 0.3) is 0 Å². The van der Waals surface area contributed by atoms with Gasteiger partial charge in [0.2, 0.25) is 11.8 Å². The van der Waals surface area contributed by atoms with Crippen molar-refractivity contribution < 1.29 is 9.59 Å². The standard InChI is InChI=1S/C19H18Cl2N2O2/c20-14-7-5-13(6-8-14)9-12-22-17(24)19(10-11-19)18(25)23-16-4-2-1-3-15(16)21/h1-8H,9-12H2,(H,22,24)(H,23,25). The van der Waals surface area contributed by atoms with Gasteiger partial charge in [0.25, 0.3) is 0 Å². The van der Waals surface area contributed by atoms with Crippen molar-refractivity contribution in [1.29, 1.82) is 0 Å². The van der Waals surface area contributed by atoms with E-state index in [2.05, 4.69) is 10.6 Å². The van der Waals surface area contributed by atoms with E-state index in [1.807, 2.05) is 24.3 Å². The highest BCUT2D eigenvalue weighted by atomic mass is 35.5. The Morgan fingerprint density at radius 2 is 1.64 bits per heavy atom. The van der Waals surface area contributed by atoms with Gasteiger partial charge in [-0.05, 0) is 49.1 Å². The first-order chi connectivity index (χ1) is 12.0. The zero-order chi connectivity index (χ0) is 17.9. The van der Waals surface area contributed by atoms with Crippen LogP contribution in [0.15, 0.2) is 48.5 Å². The summed E-state index contributed by atoms with van der Waals surface area (Å²) in [5.41, 5.74) is 0.628. The van der Waals surface area contributed by atoms with Crippen LogP contribution in [0.1, 0.15) is 18.4 Å². The molecule has 3 rings (SSSR count). The van der Waals surface area contributed by atoms with E-state index in [9.17, 15) is 9.59 Å². The third kappa shape index (κ3) is 4.14. The van der Waals surface area contributed by atoms with E-state index in [1.54, 1.807) is 24.3 Å². The summed E-state index contributed by atoms with van der Waals surface area (Å²) in [6.07, 6.45) is 1.79. The van der Waals surface area contributed by atoms with Crippen LogP contribution >= 0.6 is 23.2 Å². The van der Waals surface area contributed by atoms with E-state index >= 15 is 0 Å². The number of carbonyl (C=O) groups is 2. The first-order valence-electron chi connectivity index (χ1n) is 8.10. The minimum atomic E-state index is -0.973. The van der Waals surface area contributed by atoms with Crippen molar-refractivity contribution in [3.05, 3.63) is 64.1 Å². The molecule has 2 amide bonds. The van der Waals surface area contributed by atoms with E-state index in [-0.39, 0.29) is 11.8 Å². The van der Waals surface area contributed by atoms with Gasteiger partial charge in [-0.3, -0.25) is 9.59 Å². The average Bonchev–Trinajstić information content (AvgIpc) is 3.40. The molecule has 0 aliphatic heterocycles. The number of amides is 2. The Bertz CT molecular complexity index is 786. The third-order valence-electron chi connectivity index (χ3n) is 4.35. The maximum absolute atomic E-state index is 12.5. The molecule has 0 bridgehead atoms. The first kappa shape index (κ1) is 17.8. The van der Waals surface area contributed by atoms with Crippen LogP contribution in [0.2, 0.25) is 10.0 Å². The number of hydrogen-bond acceptors (Lipinski definition) is 2. The molecule has 0 aromatic heterocycles. The Kier molecular flexibility index (Phi) is 5.30. The molecular weight excluding hydrogens is 359 g/mol. The minimum Gasteiger partial charge on any atom is -0.355 e. The maximum Gasteiger partial charge on any atom is 0.240 e. The summed E-state index contributed by atoms with van der Waals surface area (Å²) in [5.74, 6) is -0.532. The average molecular weight is 377 g/mol. The lowest BCUT2D eigenvalue weighted by Crippen LogP contribution is -2.40. The summed E-state index contributed by atoms with van der Waals surface area (Å²) < 4.78 is 0. The number of benzene rings is 2. The molecule has 1 aliphatic rings. The monoisotopic (exact) mass is 376 g/mol. The normalized spacial score (nSPS) is 14.6. The fourth-order valence-corrected chi connectivity index (χ4v) is 2.94. The zero-order valence-electron chi connectivity index (χ0n) is 13.5. The van der Waals surface area contributed by atoms with E-state index in [0.29, 0.717) is 41.5 Å². The van der Waals surface area contributed by atoms with Crippen LogP contribution in [-0.4, -0.2) is 18.4 Å². The fourth-order valence-electron chi connectivity index (χ4n) is 2.63. The molecule has 2 aromatic carbocycles. The number of rotatable bonds is 6. The Morgan fingerprint density at radius 3 is 2.28 bits per heavy atom. The molecule has 0 radical (unpaired) electrons. The van der Waals surface area contributed by atoms with Gasteiger partial charge in [-0.25, -0.2) is 0 Å². The molecule has 1 fully saturated rings. The van der Waals surface area contributed by atoms with Crippen LogP contribution in [0.5, 0.6) is 0 Å². The Hall–Kier alpha value is -2.04. The highest BCUT2D eigenvalue weighted by Crippen LogP contribution is 2.47. The van der Waals surface area contributed by atoms with Gasteiger partial charge in [0.1, 0.15) is 5.41 Å². The zero-order valence-corrected chi connectivity index (χ0v) is 15.0. The molecule has 6 heteroatoms. The number of para-hydroxylation sites is 1. The van der Waals surface area contributed by atoms with Crippen LogP contribution in [-0.2, 0) is 16.0 Å². The highest BCUT2D eigenvalue weighted by molar-refractivity contribution is 6.34. The van der Waals surface area contributed by atoms with Gasteiger partial charge in [0.05, 0.1) is 10.7 Å². The molecule has 0 unspecified atom stereocenters. The Morgan fingerprint density at radius 1 is 0.960 bits per heavy atom. The summed E-state index contributed by atoms with van der Waals surface area (Å²) in [5, 5.41) is 6.76. The van der Waals surface area contributed by atoms with Gasteiger partial charge in [-0.15, -0.1) is 0 Å². The molecule has 25 heavy (non-hydrogen) atoms. The van der Waals surface area contributed by atoms with Crippen molar-refractivity contribution in [3.8, 4) is 0 Å². The van der Waals surface area contributed by atoms with Crippen molar-refractivity contribution in [2.24, 2.45) is 5.41 Å². The first-order valence-corrected chi connectivity index (χ1v) is 8.86. The molecule has 130 valence electrons. The number of halogens is 2. The van der Waals surface area contributed by atoms with E-state index in [0.717, 1.165) is 5.56 Å². The van der Waals surface area contributed by atoms with E-state index in [4.69, 9.17) is 23.2 Å². The molecule has 4 nitrogen and oxygen atoms in total. The smallest absolute Gasteiger partial charge is 0.240 e. The van der Waals surface area contributed by atoms with Gasteiger partial charge in [-0.2, -0.15) is 0 Å². The lowest BCUT2D eigenvalue weighted by molar-refractivity contribution is -0.134. The number of hydrogen-bond donors (Lipinski definition) is 2. The summed E-state index contributed by atoms with van der Waals surface area (Å²) in [4.78, 5) is 25.0. The van der Waals surface area contributed by atoms with Crippen LogP contribution in [0.4, 0.5) is 5.69 Å². The van der Waals surface area contributed by atoms with Gasteiger partial charge >= 0.3 is 0 Å². The molecule has 1 saturated carbocycles. The van der Waals surface area contributed by atoms with E-state index < -0.39 is 5.41 Å². The molecule has 2 N–H and O–H groups in total. The fraction of sp³-hybridized carbons (Fsp3) is 0.263. The summed E-state index contributed by atoms with van der Waals surface area (Å²) >= 11 is 11.9. The van der Waals surface area contributed by atoms with Crippen molar-refractivity contribution in [2.45, 2.75) is 19.3 Å². The summed E-state index contributed by atoms with van der Waals surface area (Å²) in [6, 6.07) is 14.5. The topological polar surface area (TPSA) is 58.2 Å². The predicted octanol–water partition coefficient (Wildman–Crippen LogP) is 4.07. The third-order valence-corrected chi connectivity index (χ3v) is 4.94. The second-order valence-electron chi connectivity index (χ2n) is 6.15. The minimum absolute atomic E-state index is 0.231. The number of anilines is 1. The highest BCUT2D eigenvalue weighted by Gasteiger charge is 2.56. The van der Waals surface area contributed by atoms with Crippen molar-refractivity contribution in [1.82, 2.24) is 5.32 Å². The van der Waals surface area contributed by atoms with Gasteiger partial charge in [0.15, 0.2) is 0 Å². The number of carbonyl (C=O) groups excluding carboxylic acids is 2. The van der Waals surface area contributed by atoms with Gasteiger partial charge < -0.3 is 10.6 Å². The Labute approximate surface area is 156 Å². The SMILES string of the molecule is O=C(NCCc1ccc(Cl)cc1)C1(C(=O)Nc2ccccc2Cl)CC1. The largest absolute Gasteiger partial charge is 0.355 e. The summed E-state index contributed by atoms with van der Waals surface area (Å²) in [6.45, 7) is 0.474. The molecule has 0 heterocycles. The second kappa shape index (κ2) is 7.46. The van der Waals surface area contributed by atoms with E-state index in [1.165, 1.54) is 0 Å². The molecule has 0 saturated heterocycles. The molecular formula is C19H18Cl2N2O2. The number of nitrogens with one attached hydrogen (secondary N) is 2. The molecule has 0 spiro atoms. The van der Waals surface area contributed by atoms with Crippen LogP contribution in [0, 0.1) is 5.41 Å². The lowest BCUT2D eigenvalue weighted by Gasteiger charge is -2.16. The second-order valence-corrected chi connectivity index (χ2v) is 6.99. The van der Waals surface area contributed by atoms with Crippen molar-refractivity contribution in [3.63, 3.8) is 0 Å². The molecule has 0 atom stereocenters. The van der Waals surface area contributed by atoms with Crippen LogP contribution < -0.4 is 10.6 Å². The van der Waals surface area contributed by atoms with Crippen molar-refractivity contribution in [2.75, 3.05) is 11.9 Å².